The van der Waals surface area contributed by atoms with Crippen molar-refractivity contribution in [2.45, 2.75) is 19.9 Å². The molecule has 0 atom stereocenters. The summed E-state index contributed by atoms with van der Waals surface area (Å²) in [6.45, 7) is 8.44. The van der Waals surface area contributed by atoms with Crippen LogP contribution in [0.3, 0.4) is 0 Å². The van der Waals surface area contributed by atoms with Gasteiger partial charge in [0.2, 0.25) is 0 Å². The lowest BCUT2D eigenvalue weighted by Gasteiger charge is -2.10. The van der Waals surface area contributed by atoms with Crippen LogP contribution in [-0.2, 0) is 27.2 Å². The second-order valence-corrected chi connectivity index (χ2v) is 4.71. The van der Waals surface area contributed by atoms with Gasteiger partial charge in [0.1, 0.15) is 0 Å². The summed E-state index contributed by atoms with van der Waals surface area (Å²) in [5.41, 5.74) is 3.13. The predicted octanol–water partition coefficient (Wildman–Crippen LogP) is 2.08. The first-order valence-corrected chi connectivity index (χ1v) is 6.70. The fraction of sp³-hybridized carbons (Fsp3) is 0.438. The highest BCUT2D eigenvalue weighted by atomic mass is 16.5. The minimum Gasteiger partial charge on any atom is -0.469 e. The molecule has 0 saturated heterocycles. The van der Waals surface area contributed by atoms with Gasteiger partial charge in [-0.1, -0.05) is 36.4 Å². The number of carbonyl (C=O) groups is 1. The van der Waals surface area contributed by atoms with E-state index in [1.807, 2.05) is 31.2 Å². The van der Waals surface area contributed by atoms with Crippen LogP contribution in [0.15, 0.2) is 36.4 Å². The highest BCUT2D eigenvalue weighted by Crippen LogP contribution is 2.09. The lowest BCUT2D eigenvalue weighted by molar-refractivity contribution is -0.139. The molecule has 1 N–H and O–H groups in total. The molecule has 0 bridgehead atoms. The molecule has 1 aromatic carbocycles. The molecule has 0 aliphatic heterocycles. The van der Waals surface area contributed by atoms with Crippen molar-refractivity contribution < 1.29 is 14.3 Å². The van der Waals surface area contributed by atoms with E-state index in [4.69, 9.17) is 9.47 Å². The van der Waals surface area contributed by atoms with E-state index in [1.54, 1.807) is 0 Å². The summed E-state index contributed by atoms with van der Waals surface area (Å²) in [6.07, 6.45) is 0.306. The number of methoxy groups -OCH3 is 1. The summed E-state index contributed by atoms with van der Waals surface area (Å²) in [4.78, 5) is 11.3. The van der Waals surface area contributed by atoms with Crippen LogP contribution >= 0.6 is 0 Å². The number of esters is 1. The van der Waals surface area contributed by atoms with Gasteiger partial charge in [0.25, 0.3) is 0 Å². The van der Waals surface area contributed by atoms with Gasteiger partial charge in [0.15, 0.2) is 0 Å². The van der Waals surface area contributed by atoms with Crippen molar-refractivity contribution in [1.82, 2.24) is 5.32 Å². The normalized spacial score (nSPS) is 10.3. The number of benzene rings is 1. The Morgan fingerprint density at radius 3 is 2.65 bits per heavy atom. The summed E-state index contributed by atoms with van der Waals surface area (Å²) in [5, 5.41) is 3.30. The van der Waals surface area contributed by atoms with E-state index >= 15 is 0 Å². The molecule has 0 aliphatic carbocycles. The summed E-state index contributed by atoms with van der Waals surface area (Å²) < 4.78 is 10.1. The van der Waals surface area contributed by atoms with Crippen LogP contribution in [0.1, 0.15) is 18.1 Å². The Balaban J connectivity index is 2.36. The van der Waals surface area contributed by atoms with E-state index in [9.17, 15) is 4.79 Å². The van der Waals surface area contributed by atoms with Crippen LogP contribution in [0.4, 0.5) is 0 Å². The third kappa shape index (κ3) is 6.50. The average Bonchev–Trinajstić information content (AvgIpc) is 2.43. The van der Waals surface area contributed by atoms with Crippen molar-refractivity contribution in [1.29, 1.82) is 0 Å². The Kier molecular flexibility index (Phi) is 7.62. The highest BCUT2D eigenvalue weighted by Gasteiger charge is 2.07. The van der Waals surface area contributed by atoms with Crippen LogP contribution in [0.25, 0.3) is 0 Å². The molecule has 0 spiro atoms. The van der Waals surface area contributed by atoms with Crippen molar-refractivity contribution in [3.63, 3.8) is 0 Å². The third-order valence-electron chi connectivity index (χ3n) is 2.77. The van der Waals surface area contributed by atoms with Gasteiger partial charge in [0, 0.05) is 13.1 Å². The van der Waals surface area contributed by atoms with Crippen LogP contribution in [-0.4, -0.2) is 32.8 Å². The minimum atomic E-state index is -0.220. The van der Waals surface area contributed by atoms with Gasteiger partial charge in [-0.05, 0) is 18.1 Å². The first kappa shape index (κ1) is 16.4. The molecule has 0 aliphatic rings. The lowest BCUT2D eigenvalue weighted by atomic mass is 10.0. The maximum atomic E-state index is 11.3. The van der Waals surface area contributed by atoms with Crippen LogP contribution in [0.5, 0.6) is 0 Å². The molecule has 110 valence electrons. The van der Waals surface area contributed by atoms with Gasteiger partial charge in [-0.25, -0.2) is 0 Å². The van der Waals surface area contributed by atoms with Crippen molar-refractivity contribution in [2.75, 3.05) is 26.9 Å². The van der Waals surface area contributed by atoms with E-state index in [1.165, 1.54) is 7.11 Å². The van der Waals surface area contributed by atoms with E-state index in [0.29, 0.717) is 26.2 Å². The molecular formula is C16H23NO3. The Bertz CT molecular complexity index is 443. The summed E-state index contributed by atoms with van der Waals surface area (Å²) >= 11 is 0. The smallest absolute Gasteiger partial charge is 0.309 e. The van der Waals surface area contributed by atoms with Crippen molar-refractivity contribution in [3.8, 4) is 0 Å². The number of hydrogen-bond donors (Lipinski definition) is 1. The predicted molar refractivity (Wildman–Crippen MR) is 79.5 cm³/mol. The Labute approximate surface area is 120 Å². The van der Waals surface area contributed by atoms with Gasteiger partial charge in [0.05, 0.1) is 26.7 Å². The van der Waals surface area contributed by atoms with E-state index in [2.05, 4.69) is 11.9 Å². The standard InChI is InChI=1S/C16H23NO3/c1-13(2)12-20-9-8-17-11-15-7-5-4-6-14(15)10-16(18)19-3/h4-7,17H,1,8-12H2,2-3H3. The molecule has 1 rings (SSSR count). The Hall–Kier alpha value is -1.65. The third-order valence-corrected chi connectivity index (χ3v) is 2.77. The number of nitrogens with one attached hydrogen (secondary N) is 1. The molecule has 0 saturated carbocycles. The number of hydrogen-bond acceptors (Lipinski definition) is 4. The first-order chi connectivity index (χ1) is 9.63. The molecule has 0 aromatic heterocycles. The topological polar surface area (TPSA) is 47.6 Å². The molecule has 0 unspecified atom stereocenters. The summed E-state index contributed by atoms with van der Waals surface area (Å²) in [7, 11) is 1.40. The van der Waals surface area contributed by atoms with Gasteiger partial charge >= 0.3 is 5.97 Å². The van der Waals surface area contributed by atoms with E-state index in [-0.39, 0.29) is 5.97 Å². The van der Waals surface area contributed by atoms with Crippen LogP contribution in [0.2, 0.25) is 0 Å². The molecule has 0 fully saturated rings. The molecule has 1 aromatic rings. The Morgan fingerprint density at radius 1 is 1.30 bits per heavy atom. The molecule has 0 heterocycles. The minimum absolute atomic E-state index is 0.220. The zero-order valence-corrected chi connectivity index (χ0v) is 12.3. The monoisotopic (exact) mass is 277 g/mol. The second-order valence-electron chi connectivity index (χ2n) is 4.71. The zero-order valence-electron chi connectivity index (χ0n) is 12.3. The summed E-state index contributed by atoms with van der Waals surface area (Å²) in [5.74, 6) is -0.220. The molecular weight excluding hydrogens is 254 g/mol. The van der Waals surface area contributed by atoms with Gasteiger partial charge in [-0.15, -0.1) is 0 Å². The van der Waals surface area contributed by atoms with Gasteiger partial charge in [-0.2, -0.15) is 0 Å². The number of carbonyl (C=O) groups excluding carboxylic acids is 1. The molecule has 4 nitrogen and oxygen atoms in total. The van der Waals surface area contributed by atoms with E-state index in [0.717, 1.165) is 23.2 Å². The average molecular weight is 277 g/mol. The van der Waals surface area contributed by atoms with Crippen LogP contribution in [0, 0.1) is 0 Å². The number of rotatable bonds is 9. The summed E-state index contributed by atoms with van der Waals surface area (Å²) in [6, 6.07) is 7.86. The SMILES string of the molecule is C=C(C)COCCNCc1ccccc1CC(=O)OC. The maximum Gasteiger partial charge on any atom is 0.309 e. The maximum absolute atomic E-state index is 11.3. The first-order valence-electron chi connectivity index (χ1n) is 6.70. The molecule has 20 heavy (non-hydrogen) atoms. The number of ether oxygens (including phenoxy) is 2. The van der Waals surface area contributed by atoms with E-state index < -0.39 is 0 Å². The van der Waals surface area contributed by atoms with Gasteiger partial charge in [-0.3, -0.25) is 4.79 Å². The van der Waals surface area contributed by atoms with Crippen molar-refractivity contribution in [2.24, 2.45) is 0 Å². The Morgan fingerprint density at radius 2 is 2.00 bits per heavy atom. The lowest BCUT2D eigenvalue weighted by Crippen LogP contribution is -2.20. The van der Waals surface area contributed by atoms with Crippen molar-refractivity contribution in [3.05, 3.63) is 47.5 Å². The second kappa shape index (κ2) is 9.28. The van der Waals surface area contributed by atoms with Crippen LogP contribution < -0.4 is 5.32 Å². The van der Waals surface area contributed by atoms with Gasteiger partial charge < -0.3 is 14.8 Å². The van der Waals surface area contributed by atoms with Crippen molar-refractivity contribution >= 4 is 5.97 Å². The molecule has 0 amide bonds. The quantitative estimate of drug-likeness (QED) is 0.426. The highest BCUT2D eigenvalue weighted by molar-refractivity contribution is 5.72. The molecule has 0 radical (unpaired) electrons. The fourth-order valence-corrected chi connectivity index (χ4v) is 1.74. The molecule has 4 heteroatoms. The zero-order chi connectivity index (χ0) is 14.8. The fourth-order valence-electron chi connectivity index (χ4n) is 1.74. The largest absolute Gasteiger partial charge is 0.469 e.